The summed E-state index contributed by atoms with van der Waals surface area (Å²) in [5, 5.41) is 0.592. The standard InChI is InChI=1S/C23H33Cl3O4/c1-2-3-4-5-6-7-8-9-12-17-29-20(27)13-10-11-14-21(28)30-23-19(25)16-15-18(24)22(23)26/h15-16H,2-14,17H2,1H3. The molecule has 170 valence electrons. The largest absolute Gasteiger partial charge is 0.466 e. The molecular weight excluding hydrogens is 447 g/mol. The summed E-state index contributed by atoms with van der Waals surface area (Å²) < 4.78 is 10.4. The van der Waals surface area contributed by atoms with Crippen molar-refractivity contribution in [1.82, 2.24) is 0 Å². The predicted molar refractivity (Wildman–Crippen MR) is 124 cm³/mol. The maximum atomic E-state index is 11.9. The van der Waals surface area contributed by atoms with Gasteiger partial charge in [-0.05, 0) is 31.4 Å². The fourth-order valence-corrected chi connectivity index (χ4v) is 3.57. The Kier molecular flexibility index (Phi) is 15.1. The molecule has 7 heteroatoms. The van der Waals surface area contributed by atoms with Crippen LogP contribution in [0.2, 0.25) is 15.1 Å². The first-order chi connectivity index (χ1) is 14.5. The van der Waals surface area contributed by atoms with E-state index in [2.05, 4.69) is 6.92 Å². The van der Waals surface area contributed by atoms with E-state index in [-0.39, 0.29) is 33.2 Å². The van der Waals surface area contributed by atoms with Gasteiger partial charge >= 0.3 is 11.9 Å². The second-order valence-electron chi connectivity index (χ2n) is 7.40. The van der Waals surface area contributed by atoms with Crippen LogP contribution < -0.4 is 4.74 Å². The summed E-state index contributed by atoms with van der Waals surface area (Å²) in [7, 11) is 0. The summed E-state index contributed by atoms with van der Waals surface area (Å²) in [6.07, 6.45) is 12.6. The topological polar surface area (TPSA) is 52.6 Å². The molecule has 1 aromatic rings. The molecule has 0 N–H and O–H groups in total. The van der Waals surface area contributed by atoms with E-state index in [4.69, 9.17) is 44.3 Å². The van der Waals surface area contributed by atoms with E-state index in [1.54, 1.807) is 0 Å². The number of halogens is 3. The first-order valence-electron chi connectivity index (χ1n) is 11.0. The normalized spacial score (nSPS) is 10.8. The fourth-order valence-electron chi connectivity index (χ4n) is 2.98. The molecule has 0 bridgehead atoms. The molecule has 0 saturated heterocycles. The quantitative estimate of drug-likeness (QED) is 0.104. The number of carbonyl (C=O) groups is 2. The lowest BCUT2D eigenvalue weighted by Crippen LogP contribution is -2.09. The first kappa shape index (κ1) is 27.1. The average molecular weight is 480 g/mol. The molecule has 0 spiro atoms. The van der Waals surface area contributed by atoms with Gasteiger partial charge in [-0.15, -0.1) is 0 Å². The molecule has 0 amide bonds. The predicted octanol–water partition coefficient (Wildman–Crippen LogP) is 8.19. The summed E-state index contributed by atoms with van der Waals surface area (Å²) in [6.45, 7) is 2.70. The highest BCUT2D eigenvalue weighted by Gasteiger charge is 2.15. The van der Waals surface area contributed by atoms with Gasteiger partial charge in [0.25, 0.3) is 0 Å². The van der Waals surface area contributed by atoms with Gasteiger partial charge in [0.05, 0.1) is 16.7 Å². The van der Waals surface area contributed by atoms with Gasteiger partial charge in [-0.1, -0.05) is 93.1 Å². The third-order valence-electron chi connectivity index (χ3n) is 4.74. The van der Waals surface area contributed by atoms with Crippen molar-refractivity contribution in [3.63, 3.8) is 0 Å². The summed E-state index contributed by atoms with van der Waals surface area (Å²) in [6, 6.07) is 3.05. The molecule has 0 heterocycles. The molecule has 0 aliphatic carbocycles. The number of esters is 2. The van der Waals surface area contributed by atoms with E-state index in [0.717, 1.165) is 12.8 Å². The van der Waals surface area contributed by atoms with Gasteiger partial charge in [0.15, 0.2) is 5.75 Å². The third-order valence-corrected chi connectivity index (χ3v) is 5.83. The van der Waals surface area contributed by atoms with Crippen molar-refractivity contribution in [2.24, 2.45) is 0 Å². The molecule has 0 unspecified atom stereocenters. The molecule has 1 aromatic carbocycles. The van der Waals surface area contributed by atoms with Crippen molar-refractivity contribution >= 4 is 46.7 Å². The number of benzene rings is 1. The molecular formula is C23H33Cl3O4. The van der Waals surface area contributed by atoms with Crippen molar-refractivity contribution in [3.8, 4) is 5.75 Å². The van der Waals surface area contributed by atoms with Gasteiger partial charge in [0.2, 0.25) is 0 Å². The molecule has 0 aromatic heterocycles. The van der Waals surface area contributed by atoms with Crippen LogP contribution in [-0.4, -0.2) is 18.5 Å². The van der Waals surface area contributed by atoms with Gasteiger partial charge in [-0.25, -0.2) is 0 Å². The van der Waals surface area contributed by atoms with Crippen LogP contribution in [-0.2, 0) is 14.3 Å². The van der Waals surface area contributed by atoms with Crippen molar-refractivity contribution in [2.75, 3.05) is 6.61 Å². The smallest absolute Gasteiger partial charge is 0.311 e. The van der Waals surface area contributed by atoms with Crippen molar-refractivity contribution in [1.29, 1.82) is 0 Å². The second-order valence-corrected chi connectivity index (χ2v) is 8.59. The monoisotopic (exact) mass is 478 g/mol. The van der Waals surface area contributed by atoms with Crippen LogP contribution in [0.4, 0.5) is 0 Å². The molecule has 0 saturated carbocycles. The Morgan fingerprint density at radius 1 is 0.733 bits per heavy atom. The van der Waals surface area contributed by atoms with Gasteiger partial charge in [0.1, 0.15) is 5.02 Å². The number of rotatable bonds is 16. The zero-order valence-electron chi connectivity index (χ0n) is 17.8. The van der Waals surface area contributed by atoms with Crippen molar-refractivity contribution in [2.45, 2.75) is 90.4 Å². The number of hydrogen-bond acceptors (Lipinski definition) is 4. The highest BCUT2D eigenvalue weighted by atomic mass is 35.5. The van der Waals surface area contributed by atoms with E-state index in [1.165, 1.54) is 57.1 Å². The van der Waals surface area contributed by atoms with Crippen LogP contribution in [0.15, 0.2) is 12.1 Å². The summed E-state index contributed by atoms with van der Waals surface area (Å²) >= 11 is 17.9. The van der Waals surface area contributed by atoms with Gasteiger partial charge in [-0.2, -0.15) is 0 Å². The van der Waals surface area contributed by atoms with Crippen LogP contribution in [0.1, 0.15) is 90.4 Å². The molecule has 30 heavy (non-hydrogen) atoms. The summed E-state index contributed by atoms with van der Waals surface area (Å²) in [5.41, 5.74) is 0. The summed E-state index contributed by atoms with van der Waals surface area (Å²) in [5.74, 6) is -0.621. The maximum absolute atomic E-state index is 11.9. The number of ether oxygens (including phenoxy) is 2. The lowest BCUT2D eigenvalue weighted by Gasteiger charge is -2.09. The van der Waals surface area contributed by atoms with Crippen LogP contribution in [0.5, 0.6) is 5.75 Å². The molecule has 0 aliphatic heterocycles. The zero-order valence-corrected chi connectivity index (χ0v) is 20.1. The van der Waals surface area contributed by atoms with Crippen molar-refractivity contribution < 1.29 is 19.1 Å². The molecule has 4 nitrogen and oxygen atoms in total. The molecule has 0 aliphatic rings. The van der Waals surface area contributed by atoms with E-state index in [0.29, 0.717) is 25.9 Å². The molecule has 0 radical (unpaired) electrons. The Morgan fingerprint density at radius 3 is 1.90 bits per heavy atom. The van der Waals surface area contributed by atoms with E-state index in [1.807, 2.05) is 0 Å². The van der Waals surface area contributed by atoms with Crippen molar-refractivity contribution in [3.05, 3.63) is 27.2 Å². The van der Waals surface area contributed by atoms with Gasteiger partial charge in [-0.3, -0.25) is 9.59 Å². The van der Waals surface area contributed by atoms with Gasteiger partial charge < -0.3 is 9.47 Å². The first-order valence-corrected chi connectivity index (χ1v) is 12.1. The minimum absolute atomic E-state index is 0.0659. The van der Waals surface area contributed by atoms with Crippen LogP contribution in [0, 0.1) is 0 Å². The van der Waals surface area contributed by atoms with E-state index >= 15 is 0 Å². The van der Waals surface area contributed by atoms with Crippen LogP contribution in [0.25, 0.3) is 0 Å². The van der Waals surface area contributed by atoms with E-state index < -0.39 is 5.97 Å². The third kappa shape index (κ3) is 12.0. The number of unbranched alkanes of at least 4 members (excludes halogenated alkanes) is 9. The Bertz CT molecular complexity index is 650. The SMILES string of the molecule is CCCCCCCCCCCOC(=O)CCCCC(=O)Oc1c(Cl)ccc(Cl)c1Cl. The number of carbonyl (C=O) groups excluding carboxylic acids is 2. The average Bonchev–Trinajstić information content (AvgIpc) is 2.73. The maximum Gasteiger partial charge on any atom is 0.311 e. The lowest BCUT2D eigenvalue weighted by molar-refractivity contribution is -0.144. The Balaban J connectivity index is 2.03. The fraction of sp³-hybridized carbons (Fsp3) is 0.652. The second kappa shape index (κ2) is 16.7. The zero-order chi connectivity index (χ0) is 22.2. The minimum atomic E-state index is -0.468. The molecule has 0 fully saturated rings. The Morgan fingerprint density at radius 2 is 1.27 bits per heavy atom. The lowest BCUT2D eigenvalue weighted by atomic mass is 10.1. The minimum Gasteiger partial charge on any atom is -0.466 e. The summed E-state index contributed by atoms with van der Waals surface area (Å²) in [4.78, 5) is 23.7. The molecule has 0 atom stereocenters. The Hall–Kier alpha value is -0.970. The van der Waals surface area contributed by atoms with Crippen LogP contribution in [0.3, 0.4) is 0 Å². The highest BCUT2D eigenvalue weighted by Crippen LogP contribution is 2.38. The molecule has 1 rings (SSSR count). The van der Waals surface area contributed by atoms with Crippen LogP contribution >= 0.6 is 34.8 Å². The number of hydrogen-bond donors (Lipinski definition) is 0. The Labute approximate surface area is 195 Å². The van der Waals surface area contributed by atoms with E-state index in [9.17, 15) is 9.59 Å². The van der Waals surface area contributed by atoms with Gasteiger partial charge in [0, 0.05) is 12.8 Å². The highest BCUT2D eigenvalue weighted by molar-refractivity contribution is 6.44.